The fourth-order valence-corrected chi connectivity index (χ4v) is 1.85. The molecule has 0 bridgehead atoms. The predicted octanol–water partition coefficient (Wildman–Crippen LogP) is 0.631. The number of aromatic carboxylic acids is 1. The van der Waals surface area contributed by atoms with E-state index in [4.69, 9.17) is 10.8 Å². The topological polar surface area (TPSA) is 102 Å². The van der Waals surface area contributed by atoms with E-state index in [0.29, 0.717) is 13.1 Å². The molecule has 0 saturated heterocycles. The quantitative estimate of drug-likeness (QED) is 0.637. The minimum absolute atomic E-state index is 0.201. The van der Waals surface area contributed by atoms with E-state index in [-0.39, 0.29) is 12.2 Å². The number of thiophene rings is 1. The smallest absolute Gasteiger partial charge is 0.404 e. The summed E-state index contributed by atoms with van der Waals surface area (Å²) in [5.74, 6) is -0.931. The summed E-state index contributed by atoms with van der Waals surface area (Å²) in [7, 11) is 0. The van der Waals surface area contributed by atoms with Crippen LogP contribution in [0.15, 0.2) is 11.4 Å². The van der Waals surface area contributed by atoms with Crippen LogP contribution in [-0.2, 0) is 11.3 Å². The molecule has 0 radical (unpaired) electrons. The normalized spacial score (nSPS) is 10.0. The van der Waals surface area contributed by atoms with E-state index in [1.54, 1.807) is 11.4 Å². The molecule has 0 unspecified atom stereocenters. The Bertz CT molecular complexity index is 377. The van der Waals surface area contributed by atoms with Gasteiger partial charge in [0.1, 0.15) is 6.61 Å². The Morgan fingerprint density at radius 2 is 2.31 bits per heavy atom. The Morgan fingerprint density at radius 1 is 1.56 bits per heavy atom. The average Bonchev–Trinajstić information content (AvgIpc) is 2.65. The molecule has 0 fully saturated rings. The largest absolute Gasteiger partial charge is 0.478 e. The zero-order chi connectivity index (χ0) is 12.0. The van der Waals surface area contributed by atoms with Crippen LogP contribution in [0.5, 0.6) is 0 Å². The molecule has 1 aromatic heterocycles. The molecule has 0 aliphatic heterocycles. The molecule has 0 aliphatic carbocycles. The van der Waals surface area contributed by atoms with Gasteiger partial charge < -0.3 is 20.9 Å². The zero-order valence-electron chi connectivity index (χ0n) is 8.43. The van der Waals surface area contributed by atoms with Gasteiger partial charge in [0.15, 0.2) is 0 Å². The SMILES string of the molecule is NC(=O)OCCNCc1cc(C(=O)O)cs1. The van der Waals surface area contributed by atoms with Crippen LogP contribution in [0.3, 0.4) is 0 Å². The van der Waals surface area contributed by atoms with Gasteiger partial charge in [0.2, 0.25) is 0 Å². The van der Waals surface area contributed by atoms with E-state index in [1.807, 2.05) is 0 Å². The van der Waals surface area contributed by atoms with Crippen molar-refractivity contribution < 1.29 is 19.4 Å². The first-order valence-corrected chi connectivity index (χ1v) is 5.41. The highest BCUT2D eigenvalue weighted by Gasteiger charge is 2.05. The lowest BCUT2D eigenvalue weighted by Gasteiger charge is -2.02. The number of nitrogens with two attached hydrogens (primary N) is 1. The second-order valence-corrected chi connectivity index (χ2v) is 3.95. The highest BCUT2D eigenvalue weighted by molar-refractivity contribution is 7.10. The second-order valence-electron chi connectivity index (χ2n) is 2.95. The first-order valence-electron chi connectivity index (χ1n) is 4.53. The molecular formula is C9H12N2O4S. The van der Waals surface area contributed by atoms with Crippen molar-refractivity contribution in [1.29, 1.82) is 0 Å². The standard InChI is InChI=1S/C9H12N2O4S/c10-9(14)15-2-1-11-4-7-3-6(5-16-7)8(12)13/h3,5,11H,1-2,4H2,(H2,10,14)(H,12,13). The summed E-state index contributed by atoms with van der Waals surface area (Å²) in [6, 6.07) is 1.61. The van der Waals surface area contributed by atoms with Gasteiger partial charge in [-0.05, 0) is 6.07 Å². The van der Waals surface area contributed by atoms with Crippen molar-refractivity contribution in [3.8, 4) is 0 Å². The summed E-state index contributed by atoms with van der Waals surface area (Å²) in [6.07, 6.45) is -0.800. The summed E-state index contributed by atoms with van der Waals surface area (Å²) >= 11 is 1.37. The first kappa shape index (κ1) is 12.5. The molecule has 1 heterocycles. The number of carbonyl (C=O) groups excluding carboxylic acids is 1. The van der Waals surface area contributed by atoms with Crippen LogP contribution in [-0.4, -0.2) is 30.3 Å². The number of primary amides is 1. The van der Waals surface area contributed by atoms with E-state index in [1.165, 1.54) is 11.3 Å². The van der Waals surface area contributed by atoms with Crippen LogP contribution < -0.4 is 11.1 Å². The summed E-state index contributed by atoms with van der Waals surface area (Å²) in [6.45, 7) is 1.22. The number of amides is 1. The number of hydrogen-bond donors (Lipinski definition) is 3. The lowest BCUT2D eigenvalue weighted by atomic mass is 10.3. The maximum absolute atomic E-state index is 10.6. The van der Waals surface area contributed by atoms with Gasteiger partial charge in [-0.15, -0.1) is 11.3 Å². The molecule has 88 valence electrons. The van der Waals surface area contributed by atoms with Crippen LogP contribution in [0.2, 0.25) is 0 Å². The Hall–Kier alpha value is -1.60. The second kappa shape index (κ2) is 6.09. The summed E-state index contributed by atoms with van der Waals surface area (Å²) in [4.78, 5) is 21.7. The molecule has 6 nitrogen and oxygen atoms in total. The fourth-order valence-electron chi connectivity index (χ4n) is 1.02. The van der Waals surface area contributed by atoms with Crippen LogP contribution in [0.1, 0.15) is 15.2 Å². The van der Waals surface area contributed by atoms with Crippen LogP contribution in [0.25, 0.3) is 0 Å². The first-order chi connectivity index (χ1) is 7.59. The van der Waals surface area contributed by atoms with Gasteiger partial charge in [-0.3, -0.25) is 0 Å². The molecule has 0 spiro atoms. The molecule has 0 saturated carbocycles. The lowest BCUT2D eigenvalue weighted by molar-refractivity contribution is 0.0697. The molecule has 1 amide bonds. The predicted molar refractivity (Wildman–Crippen MR) is 58.5 cm³/mol. The molecular weight excluding hydrogens is 232 g/mol. The number of rotatable bonds is 6. The van der Waals surface area contributed by atoms with Crippen molar-refractivity contribution in [1.82, 2.24) is 5.32 Å². The van der Waals surface area contributed by atoms with E-state index in [2.05, 4.69) is 10.1 Å². The molecule has 16 heavy (non-hydrogen) atoms. The Labute approximate surface area is 96.0 Å². The fraction of sp³-hybridized carbons (Fsp3) is 0.333. The summed E-state index contributed by atoms with van der Waals surface area (Å²) < 4.78 is 4.51. The summed E-state index contributed by atoms with van der Waals surface area (Å²) in [5.41, 5.74) is 5.06. The van der Waals surface area contributed by atoms with Gasteiger partial charge in [0.25, 0.3) is 0 Å². The van der Waals surface area contributed by atoms with Gasteiger partial charge in [-0.2, -0.15) is 0 Å². The van der Waals surface area contributed by atoms with E-state index in [9.17, 15) is 9.59 Å². The molecule has 1 rings (SSSR count). The minimum atomic E-state index is -0.931. The van der Waals surface area contributed by atoms with Crippen LogP contribution in [0, 0.1) is 0 Å². The van der Waals surface area contributed by atoms with Crippen molar-refractivity contribution in [3.05, 3.63) is 21.9 Å². The number of carbonyl (C=O) groups is 2. The van der Waals surface area contributed by atoms with Crippen molar-refractivity contribution in [2.75, 3.05) is 13.2 Å². The highest BCUT2D eigenvalue weighted by atomic mass is 32.1. The third kappa shape index (κ3) is 4.28. The number of ether oxygens (including phenoxy) is 1. The summed E-state index contributed by atoms with van der Waals surface area (Å²) in [5, 5.41) is 13.3. The third-order valence-corrected chi connectivity index (χ3v) is 2.66. The average molecular weight is 244 g/mol. The third-order valence-electron chi connectivity index (χ3n) is 1.72. The number of carboxylic acid groups (broad SMARTS) is 1. The van der Waals surface area contributed by atoms with Gasteiger partial charge in [0, 0.05) is 23.3 Å². The van der Waals surface area contributed by atoms with E-state index in [0.717, 1.165) is 4.88 Å². The molecule has 7 heteroatoms. The van der Waals surface area contributed by atoms with Crippen LogP contribution >= 0.6 is 11.3 Å². The van der Waals surface area contributed by atoms with E-state index < -0.39 is 12.1 Å². The van der Waals surface area contributed by atoms with Crippen molar-refractivity contribution >= 4 is 23.4 Å². The molecule has 0 aliphatic rings. The molecule has 0 aromatic carbocycles. The minimum Gasteiger partial charge on any atom is -0.478 e. The highest BCUT2D eigenvalue weighted by Crippen LogP contribution is 2.14. The number of nitrogens with one attached hydrogen (secondary N) is 1. The van der Waals surface area contributed by atoms with Crippen LogP contribution in [0.4, 0.5) is 4.79 Å². The Morgan fingerprint density at radius 3 is 2.88 bits per heavy atom. The molecule has 0 atom stereocenters. The lowest BCUT2D eigenvalue weighted by Crippen LogP contribution is -2.22. The molecule has 4 N–H and O–H groups in total. The van der Waals surface area contributed by atoms with E-state index >= 15 is 0 Å². The molecule has 1 aromatic rings. The van der Waals surface area contributed by atoms with Gasteiger partial charge in [-0.25, -0.2) is 9.59 Å². The Balaban J connectivity index is 2.21. The Kier molecular flexibility index (Phi) is 4.74. The van der Waals surface area contributed by atoms with Crippen molar-refractivity contribution in [2.24, 2.45) is 5.73 Å². The number of carboxylic acids is 1. The maximum atomic E-state index is 10.6. The van der Waals surface area contributed by atoms with Gasteiger partial charge in [-0.1, -0.05) is 0 Å². The monoisotopic (exact) mass is 244 g/mol. The number of hydrogen-bond acceptors (Lipinski definition) is 5. The maximum Gasteiger partial charge on any atom is 0.404 e. The van der Waals surface area contributed by atoms with Gasteiger partial charge >= 0.3 is 12.1 Å². The van der Waals surface area contributed by atoms with Gasteiger partial charge in [0.05, 0.1) is 5.56 Å². The van der Waals surface area contributed by atoms with Crippen molar-refractivity contribution in [3.63, 3.8) is 0 Å². The zero-order valence-corrected chi connectivity index (χ0v) is 9.25. The van der Waals surface area contributed by atoms with Crippen molar-refractivity contribution in [2.45, 2.75) is 6.54 Å².